The van der Waals surface area contributed by atoms with Gasteiger partial charge >= 0.3 is 0 Å². The minimum Gasteiger partial charge on any atom is -0.368 e. The maximum absolute atomic E-state index is 5.57. The first kappa shape index (κ1) is 11.1. The molecule has 3 rings (SSSR count). The molecule has 0 spiro atoms. The molecule has 0 bridgehead atoms. The van der Waals surface area contributed by atoms with E-state index in [0.29, 0.717) is 0 Å². The van der Waals surface area contributed by atoms with Crippen molar-refractivity contribution in [1.82, 2.24) is 0 Å². The number of hydrogen-bond acceptors (Lipinski definition) is 2. The van der Waals surface area contributed by atoms with Gasteiger partial charge in [0, 0.05) is 18.3 Å². The van der Waals surface area contributed by atoms with Gasteiger partial charge in [-0.3, -0.25) is 0 Å². The number of rotatable bonds is 4. The minimum absolute atomic E-state index is 0.797. The molecule has 92 valence electrons. The quantitative estimate of drug-likeness (QED) is 0.861. The second-order valence-corrected chi connectivity index (χ2v) is 5.38. The topological polar surface area (TPSA) is 29.3 Å². The summed E-state index contributed by atoms with van der Waals surface area (Å²) in [6.07, 6.45) is 7.69. The standard InChI is InChI=1S/C15H22N2/c16-9-2-3-12-6-7-15-13(11-12)8-10-17(15)14-4-1-5-14/h6-7,11,14H,1-5,8-10,16H2. The van der Waals surface area contributed by atoms with Crippen LogP contribution in [0.25, 0.3) is 0 Å². The van der Waals surface area contributed by atoms with Crippen molar-refractivity contribution in [2.75, 3.05) is 18.0 Å². The van der Waals surface area contributed by atoms with Crippen molar-refractivity contribution in [2.24, 2.45) is 5.73 Å². The predicted octanol–water partition coefficient (Wildman–Crippen LogP) is 2.49. The molecule has 1 aromatic rings. The lowest BCUT2D eigenvalue weighted by atomic mass is 9.91. The maximum Gasteiger partial charge on any atom is 0.0402 e. The lowest BCUT2D eigenvalue weighted by Gasteiger charge is -2.36. The Labute approximate surface area is 104 Å². The molecule has 17 heavy (non-hydrogen) atoms. The number of fused-ring (bicyclic) bond motifs is 1. The third-order valence-corrected chi connectivity index (χ3v) is 4.26. The Kier molecular flexibility index (Phi) is 3.06. The van der Waals surface area contributed by atoms with Crippen LogP contribution in [-0.4, -0.2) is 19.1 Å². The van der Waals surface area contributed by atoms with Gasteiger partial charge in [-0.1, -0.05) is 12.1 Å². The van der Waals surface area contributed by atoms with Gasteiger partial charge in [0.15, 0.2) is 0 Å². The minimum atomic E-state index is 0.797. The van der Waals surface area contributed by atoms with Crippen LogP contribution in [0.3, 0.4) is 0 Å². The van der Waals surface area contributed by atoms with E-state index in [4.69, 9.17) is 5.73 Å². The molecule has 1 heterocycles. The summed E-state index contributed by atoms with van der Waals surface area (Å²) < 4.78 is 0. The van der Waals surface area contributed by atoms with Crippen LogP contribution in [0.1, 0.15) is 36.8 Å². The van der Waals surface area contributed by atoms with Gasteiger partial charge < -0.3 is 10.6 Å². The Morgan fingerprint density at radius 1 is 1.29 bits per heavy atom. The van der Waals surface area contributed by atoms with E-state index in [1.54, 1.807) is 5.56 Å². The van der Waals surface area contributed by atoms with E-state index in [0.717, 1.165) is 25.4 Å². The molecule has 1 aromatic carbocycles. The highest BCUT2D eigenvalue weighted by Gasteiger charge is 2.29. The van der Waals surface area contributed by atoms with E-state index >= 15 is 0 Å². The number of nitrogens with two attached hydrogens (primary N) is 1. The van der Waals surface area contributed by atoms with E-state index in [-0.39, 0.29) is 0 Å². The fraction of sp³-hybridized carbons (Fsp3) is 0.600. The van der Waals surface area contributed by atoms with E-state index < -0.39 is 0 Å². The molecule has 2 nitrogen and oxygen atoms in total. The molecule has 1 saturated carbocycles. The molecule has 0 saturated heterocycles. The van der Waals surface area contributed by atoms with Crippen LogP contribution in [0.2, 0.25) is 0 Å². The number of hydrogen-bond donors (Lipinski definition) is 1. The summed E-state index contributed by atoms with van der Waals surface area (Å²) in [5.41, 5.74) is 10.1. The van der Waals surface area contributed by atoms with Gasteiger partial charge in [0.1, 0.15) is 0 Å². The third-order valence-electron chi connectivity index (χ3n) is 4.26. The molecule has 2 N–H and O–H groups in total. The first-order chi connectivity index (χ1) is 8.38. The summed E-state index contributed by atoms with van der Waals surface area (Å²) >= 11 is 0. The average molecular weight is 230 g/mol. The molecular formula is C15H22N2. The van der Waals surface area contributed by atoms with E-state index in [2.05, 4.69) is 23.1 Å². The van der Waals surface area contributed by atoms with Gasteiger partial charge in [0.2, 0.25) is 0 Å². The SMILES string of the molecule is NCCCc1ccc2c(c1)CCN2C1CCC1. The molecule has 0 amide bonds. The Hall–Kier alpha value is -1.02. The predicted molar refractivity (Wildman–Crippen MR) is 72.5 cm³/mol. The Bertz CT molecular complexity index is 396. The summed E-state index contributed by atoms with van der Waals surface area (Å²) in [5, 5.41) is 0. The van der Waals surface area contributed by atoms with Gasteiger partial charge in [0.05, 0.1) is 0 Å². The lowest BCUT2D eigenvalue weighted by molar-refractivity contribution is 0.392. The zero-order valence-electron chi connectivity index (χ0n) is 10.5. The molecule has 2 aliphatic rings. The van der Waals surface area contributed by atoms with Crippen LogP contribution in [0.15, 0.2) is 18.2 Å². The molecule has 0 radical (unpaired) electrons. The van der Waals surface area contributed by atoms with Crippen molar-refractivity contribution in [3.05, 3.63) is 29.3 Å². The number of benzene rings is 1. The van der Waals surface area contributed by atoms with Crippen LogP contribution in [0, 0.1) is 0 Å². The Morgan fingerprint density at radius 3 is 2.88 bits per heavy atom. The van der Waals surface area contributed by atoms with Crippen molar-refractivity contribution in [1.29, 1.82) is 0 Å². The van der Waals surface area contributed by atoms with Crippen LogP contribution >= 0.6 is 0 Å². The first-order valence-corrected chi connectivity index (χ1v) is 6.97. The first-order valence-electron chi connectivity index (χ1n) is 6.97. The number of nitrogens with zero attached hydrogens (tertiary/aromatic N) is 1. The van der Waals surface area contributed by atoms with Gasteiger partial charge in [-0.15, -0.1) is 0 Å². The van der Waals surface area contributed by atoms with Crippen molar-refractivity contribution in [3.8, 4) is 0 Å². The Morgan fingerprint density at radius 2 is 2.18 bits per heavy atom. The van der Waals surface area contributed by atoms with Gasteiger partial charge in [-0.05, 0) is 62.3 Å². The molecule has 0 unspecified atom stereocenters. The number of anilines is 1. The molecule has 1 fully saturated rings. The van der Waals surface area contributed by atoms with Crippen molar-refractivity contribution in [2.45, 2.75) is 44.6 Å². The van der Waals surface area contributed by atoms with Crippen molar-refractivity contribution < 1.29 is 0 Å². The fourth-order valence-corrected chi connectivity index (χ4v) is 3.02. The van der Waals surface area contributed by atoms with Crippen LogP contribution in [0.5, 0.6) is 0 Å². The second kappa shape index (κ2) is 4.69. The largest absolute Gasteiger partial charge is 0.368 e. The summed E-state index contributed by atoms with van der Waals surface area (Å²) in [5.74, 6) is 0. The van der Waals surface area contributed by atoms with Crippen molar-refractivity contribution in [3.63, 3.8) is 0 Å². The molecule has 1 aliphatic carbocycles. The summed E-state index contributed by atoms with van der Waals surface area (Å²) in [7, 11) is 0. The van der Waals surface area contributed by atoms with Gasteiger partial charge in [-0.25, -0.2) is 0 Å². The Balaban J connectivity index is 1.76. The lowest BCUT2D eigenvalue weighted by Crippen LogP contribution is -2.38. The van der Waals surface area contributed by atoms with E-state index in [1.807, 2.05) is 0 Å². The van der Waals surface area contributed by atoms with Gasteiger partial charge in [0.25, 0.3) is 0 Å². The molecule has 0 aromatic heterocycles. The third kappa shape index (κ3) is 2.06. The van der Waals surface area contributed by atoms with Crippen LogP contribution < -0.4 is 10.6 Å². The van der Waals surface area contributed by atoms with E-state index in [1.165, 1.54) is 43.5 Å². The van der Waals surface area contributed by atoms with Gasteiger partial charge in [-0.2, -0.15) is 0 Å². The maximum atomic E-state index is 5.57. The van der Waals surface area contributed by atoms with E-state index in [9.17, 15) is 0 Å². The summed E-state index contributed by atoms with van der Waals surface area (Å²) in [6, 6.07) is 7.88. The highest BCUT2D eigenvalue weighted by Crippen LogP contribution is 2.36. The highest BCUT2D eigenvalue weighted by molar-refractivity contribution is 5.60. The average Bonchev–Trinajstić information content (AvgIpc) is 2.68. The zero-order chi connectivity index (χ0) is 11.7. The fourth-order valence-electron chi connectivity index (χ4n) is 3.02. The highest BCUT2D eigenvalue weighted by atomic mass is 15.2. The molecule has 0 atom stereocenters. The summed E-state index contributed by atoms with van der Waals surface area (Å²) in [4.78, 5) is 2.63. The second-order valence-electron chi connectivity index (χ2n) is 5.38. The van der Waals surface area contributed by atoms with Crippen LogP contribution in [0.4, 0.5) is 5.69 Å². The smallest absolute Gasteiger partial charge is 0.0402 e. The normalized spacial score (nSPS) is 19.2. The molecule has 1 aliphatic heterocycles. The number of aryl methyl sites for hydroxylation is 1. The molecular weight excluding hydrogens is 208 g/mol. The zero-order valence-corrected chi connectivity index (χ0v) is 10.5. The monoisotopic (exact) mass is 230 g/mol. The summed E-state index contributed by atoms with van der Waals surface area (Å²) in [6.45, 7) is 2.03. The van der Waals surface area contributed by atoms with Crippen molar-refractivity contribution >= 4 is 5.69 Å². The molecule has 2 heteroatoms. The van der Waals surface area contributed by atoms with Crippen LogP contribution in [-0.2, 0) is 12.8 Å².